The first kappa shape index (κ1) is 9.83. The minimum absolute atomic E-state index is 0.283. The van der Waals surface area contributed by atoms with Gasteiger partial charge in [-0.2, -0.15) is 0 Å². The Bertz CT molecular complexity index is 319. The summed E-state index contributed by atoms with van der Waals surface area (Å²) in [6.07, 6.45) is 2.99. The van der Waals surface area contributed by atoms with Gasteiger partial charge in [0.15, 0.2) is 0 Å². The molecule has 0 spiro atoms. The highest BCUT2D eigenvalue weighted by Gasteiger charge is 2.08. The molecule has 2 rings (SSSR count). The molecule has 0 saturated heterocycles. The predicted octanol–water partition coefficient (Wildman–Crippen LogP) is 2.35. The van der Waals surface area contributed by atoms with Gasteiger partial charge in [0, 0.05) is 28.8 Å². The fraction of sp³-hybridized carbons (Fsp3) is 0.300. The molecular weight excluding hydrogens is 214 g/mol. The summed E-state index contributed by atoms with van der Waals surface area (Å²) in [6.45, 7) is 0. The lowest BCUT2D eigenvalue weighted by molar-refractivity contribution is 0.177. The number of hydrogen-bond donors (Lipinski definition) is 1. The van der Waals surface area contributed by atoms with Gasteiger partial charge in [0.1, 0.15) is 0 Å². The number of aliphatic hydroxyl groups is 1. The van der Waals surface area contributed by atoms with E-state index < -0.39 is 0 Å². The van der Waals surface area contributed by atoms with Crippen molar-refractivity contribution in [2.24, 2.45) is 0 Å². The number of rotatable bonds is 4. The van der Waals surface area contributed by atoms with Crippen LogP contribution in [0.4, 0.5) is 0 Å². The maximum absolute atomic E-state index is 9.78. The summed E-state index contributed by atoms with van der Waals surface area (Å²) < 4.78 is 0. The molecule has 0 radical (unpaired) electrons. The van der Waals surface area contributed by atoms with Gasteiger partial charge in [0.25, 0.3) is 0 Å². The summed E-state index contributed by atoms with van der Waals surface area (Å²) >= 11 is 3.29. The Kier molecular flexibility index (Phi) is 3.29. The summed E-state index contributed by atoms with van der Waals surface area (Å²) in [7, 11) is 0. The molecule has 1 unspecified atom stereocenters. The Hall–Kier alpha value is -0.710. The number of thiophene rings is 1. The van der Waals surface area contributed by atoms with E-state index in [4.69, 9.17) is 0 Å². The number of aliphatic hydroxyl groups excluding tert-OH is 1. The zero-order chi connectivity index (χ0) is 9.80. The van der Waals surface area contributed by atoms with Gasteiger partial charge in [-0.15, -0.1) is 22.7 Å². The highest BCUT2D eigenvalue weighted by atomic mass is 32.1. The molecular formula is C10H11NOS2. The van der Waals surface area contributed by atoms with E-state index in [0.717, 1.165) is 11.3 Å². The largest absolute Gasteiger partial charge is 0.392 e. The lowest BCUT2D eigenvalue weighted by Gasteiger charge is -2.06. The highest BCUT2D eigenvalue weighted by Crippen LogP contribution is 2.15. The second kappa shape index (κ2) is 4.68. The third-order valence-corrected chi connectivity index (χ3v) is 3.64. The van der Waals surface area contributed by atoms with Crippen LogP contribution < -0.4 is 0 Å². The molecule has 14 heavy (non-hydrogen) atoms. The predicted molar refractivity (Wildman–Crippen MR) is 59.8 cm³/mol. The Morgan fingerprint density at radius 2 is 2.14 bits per heavy atom. The molecule has 0 aliphatic heterocycles. The Morgan fingerprint density at radius 3 is 2.79 bits per heavy atom. The van der Waals surface area contributed by atoms with Crippen molar-refractivity contribution in [3.05, 3.63) is 39.0 Å². The van der Waals surface area contributed by atoms with Crippen LogP contribution in [0, 0.1) is 0 Å². The topological polar surface area (TPSA) is 33.1 Å². The lowest BCUT2D eigenvalue weighted by atomic mass is 10.1. The third-order valence-electron chi connectivity index (χ3n) is 1.94. The average molecular weight is 225 g/mol. The van der Waals surface area contributed by atoms with Gasteiger partial charge in [0.05, 0.1) is 11.6 Å². The normalized spacial score (nSPS) is 12.9. The molecule has 74 valence electrons. The highest BCUT2D eigenvalue weighted by molar-refractivity contribution is 7.10. The van der Waals surface area contributed by atoms with E-state index in [9.17, 15) is 5.11 Å². The van der Waals surface area contributed by atoms with E-state index in [1.165, 1.54) is 4.88 Å². The average Bonchev–Trinajstić information content (AvgIpc) is 2.76. The van der Waals surface area contributed by atoms with Crippen LogP contribution in [-0.2, 0) is 12.8 Å². The first-order chi connectivity index (χ1) is 6.84. The summed E-state index contributed by atoms with van der Waals surface area (Å²) in [6, 6.07) is 4.07. The van der Waals surface area contributed by atoms with Gasteiger partial charge in [-0.05, 0) is 11.4 Å². The van der Waals surface area contributed by atoms with Crippen molar-refractivity contribution >= 4 is 22.7 Å². The van der Waals surface area contributed by atoms with Gasteiger partial charge in [-0.3, -0.25) is 4.98 Å². The van der Waals surface area contributed by atoms with Crippen LogP contribution in [0.15, 0.2) is 29.2 Å². The summed E-state index contributed by atoms with van der Waals surface area (Å²) in [5.74, 6) is 0. The van der Waals surface area contributed by atoms with Crippen molar-refractivity contribution < 1.29 is 5.11 Å². The second-order valence-electron chi connectivity index (χ2n) is 3.11. The summed E-state index contributed by atoms with van der Waals surface area (Å²) in [5.41, 5.74) is 1.80. The van der Waals surface area contributed by atoms with Crippen molar-refractivity contribution in [1.82, 2.24) is 4.98 Å². The molecule has 0 amide bonds. The molecule has 2 heterocycles. The minimum Gasteiger partial charge on any atom is -0.392 e. The molecule has 0 saturated carbocycles. The maximum atomic E-state index is 9.78. The quantitative estimate of drug-likeness (QED) is 0.866. The molecule has 1 atom stereocenters. The van der Waals surface area contributed by atoms with Crippen LogP contribution in [0.3, 0.4) is 0 Å². The smallest absolute Gasteiger partial charge is 0.0794 e. The van der Waals surface area contributed by atoms with Gasteiger partial charge in [-0.1, -0.05) is 6.07 Å². The number of nitrogens with zero attached hydrogens (tertiary/aromatic N) is 1. The zero-order valence-electron chi connectivity index (χ0n) is 7.59. The van der Waals surface area contributed by atoms with Crippen molar-refractivity contribution in [2.45, 2.75) is 18.9 Å². The summed E-state index contributed by atoms with van der Waals surface area (Å²) in [5, 5.41) is 11.8. The fourth-order valence-corrected chi connectivity index (χ4v) is 2.75. The third kappa shape index (κ3) is 2.64. The first-order valence-corrected chi connectivity index (χ1v) is 6.18. The van der Waals surface area contributed by atoms with E-state index in [-0.39, 0.29) is 6.10 Å². The van der Waals surface area contributed by atoms with E-state index in [1.807, 2.05) is 17.6 Å². The van der Waals surface area contributed by atoms with Crippen LogP contribution >= 0.6 is 22.7 Å². The Balaban J connectivity index is 1.88. The van der Waals surface area contributed by atoms with Gasteiger partial charge < -0.3 is 5.11 Å². The molecule has 0 aromatic carbocycles. The van der Waals surface area contributed by atoms with Crippen molar-refractivity contribution in [2.75, 3.05) is 0 Å². The second-order valence-corrected chi connectivity index (χ2v) is 5.11. The van der Waals surface area contributed by atoms with E-state index in [1.54, 1.807) is 28.2 Å². The van der Waals surface area contributed by atoms with Gasteiger partial charge >= 0.3 is 0 Å². The van der Waals surface area contributed by atoms with E-state index in [0.29, 0.717) is 6.42 Å². The fourth-order valence-electron chi connectivity index (χ4n) is 1.31. The van der Waals surface area contributed by atoms with Gasteiger partial charge in [-0.25, -0.2) is 0 Å². The number of aromatic nitrogens is 1. The van der Waals surface area contributed by atoms with Gasteiger partial charge in [0.2, 0.25) is 0 Å². The molecule has 4 heteroatoms. The van der Waals surface area contributed by atoms with Crippen LogP contribution in [0.2, 0.25) is 0 Å². The van der Waals surface area contributed by atoms with Crippen LogP contribution in [0.5, 0.6) is 0 Å². The molecule has 2 nitrogen and oxygen atoms in total. The Labute approximate surface area is 90.9 Å². The zero-order valence-corrected chi connectivity index (χ0v) is 9.22. The number of thiazole rings is 1. The molecule has 2 aromatic heterocycles. The molecule has 0 fully saturated rings. The molecule has 0 bridgehead atoms. The summed E-state index contributed by atoms with van der Waals surface area (Å²) in [4.78, 5) is 6.37. The molecule has 1 N–H and O–H groups in total. The van der Waals surface area contributed by atoms with Crippen molar-refractivity contribution in [3.63, 3.8) is 0 Å². The maximum Gasteiger partial charge on any atom is 0.0794 e. The Morgan fingerprint density at radius 1 is 1.29 bits per heavy atom. The standard InChI is InChI=1S/C10H11NOS2/c12-8(4-9-2-1-3-13-9)5-10-6-11-7-14-10/h1-3,6-8,12H,4-5H2. The van der Waals surface area contributed by atoms with Crippen LogP contribution in [-0.4, -0.2) is 16.2 Å². The molecule has 0 aliphatic carbocycles. The van der Waals surface area contributed by atoms with E-state index in [2.05, 4.69) is 11.1 Å². The monoisotopic (exact) mass is 225 g/mol. The SMILES string of the molecule is OC(Cc1cccs1)Cc1cncs1. The lowest BCUT2D eigenvalue weighted by Crippen LogP contribution is -2.12. The minimum atomic E-state index is -0.283. The van der Waals surface area contributed by atoms with Crippen LogP contribution in [0.1, 0.15) is 9.75 Å². The van der Waals surface area contributed by atoms with Crippen molar-refractivity contribution in [3.8, 4) is 0 Å². The first-order valence-electron chi connectivity index (χ1n) is 4.42. The van der Waals surface area contributed by atoms with Crippen molar-refractivity contribution in [1.29, 1.82) is 0 Å². The van der Waals surface area contributed by atoms with E-state index >= 15 is 0 Å². The number of hydrogen-bond acceptors (Lipinski definition) is 4. The molecule has 0 aliphatic rings. The van der Waals surface area contributed by atoms with Crippen LogP contribution in [0.25, 0.3) is 0 Å². The molecule has 2 aromatic rings.